The summed E-state index contributed by atoms with van der Waals surface area (Å²) < 4.78 is 0. The van der Waals surface area contributed by atoms with E-state index in [0.29, 0.717) is 6.17 Å². The second-order valence-corrected chi connectivity index (χ2v) is 2.41. The van der Waals surface area contributed by atoms with E-state index in [0.717, 1.165) is 5.92 Å². The Morgan fingerprint density at radius 2 is 2.50 bits per heavy atom. The molecular weight excluding hydrogens is 100 g/mol. The van der Waals surface area contributed by atoms with Crippen molar-refractivity contribution in [3.05, 3.63) is 12.3 Å². The van der Waals surface area contributed by atoms with Gasteiger partial charge < -0.3 is 5.32 Å². The molecule has 0 bridgehead atoms. The maximum atomic E-state index is 3.34. The van der Waals surface area contributed by atoms with Crippen LogP contribution in [0.25, 0.3) is 0 Å². The fraction of sp³-hybridized carbons (Fsp3) is 0.667. The van der Waals surface area contributed by atoms with Crippen LogP contribution in [0.15, 0.2) is 12.3 Å². The predicted octanol–water partition coefficient (Wildman–Crippen LogP) is 0.0389. The Morgan fingerprint density at radius 3 is 3.38 bits per heavy atom. The molecule has 2 atom stereocenters. The smallest absolute Gasteiger partial charge is 0.0828 e. The van der Waals surface area contributed by atoms with E-state index in [-0.39, 0.29) is 0 Å². The third-order valence-corrected chi connectivity index (χ3v) is 1.89. The second-order valence-electron chi connectivity index (χ2n) is 2.41. The van der Waals surface area contributed by atoms with Crippen molar-refractivity contribution in [3.8, 4) is 0 Å². The Balaban J connectivity index is 2.13. The summed E-state index contributed by atoms with van der Waals surface area (Å²) in [4.78, 5) is 0. The molecule has 2 N–H and O–H groups in total. The van der Waals surface area contributed by atoms with Gasteiger partial charge in [-0.05, 0) is 19.2 Å². The third-order valence-electron chi connectivity index (χ3n) is 1.89. The number of nitrogens with one attached hydrogen (secondary N) is 2. The van der Waals surface area contributed by atoms with Gasteiger partial charge in [-0.3, -0.25) is 5.32 Å². The normalized spacial score (nSPS) is 42.0. The van der Waals surface area contributed by atoms with E-state index in [4.69, 9.17) is 0 Å². The fourth-order valence-corrected chi connectivity index (χ4v) is 1.40. The van der Waals surface area contributed by atoms with E-state index in [1.165, 1.54) is 13.0 Å². The average molecular weight is 110 g/mol. The van der Waals surface area contributed by atoms with E-state index >= 15 is 0 Å². The zero-order valence-corrected chi connectivity index (χ0v) is 4.72. The van der Waals surface area contributed by atoms with Crippen LogP contribution in [0.4, 0.5) is 0 Å². The summed E-state index contributed by atoms with van der Waals surface area (Å²) in [6, 6.07) is 0. The van der Waals surface area contributed by atoms with Crippen molar-refractivity contribution in [1.29, 1.82) is 0 Å². The minimum absolute atomic E-state index is 0.565. The highest BCUT2D eigenvalue weighted by Gasteiger charge is 2.26. The van der Waals surface area contributed by atoms with Gasteiger partial charge in [-0.25, -0.2) is 0 Å². The summed E-state index contributed by atoms with van der Waals surface area (Å²) >= 11 is 0. The first-order chi connectivity index (χ1) is 3.97. The van der Waals surface area contributed by atoms with Crippen LogP contribution in [0.2, 0.25) is 0 Å². The van der Waals surface area contributed by atoms with Gasteiger partial charge >= 0.3 is 0 Å². The average Bonchev–Trinajstić information content (AvgIpc) is 2.15. The van der Waals surface area contributed by atoms with Crippen molar-refractivity contribution >= 4 is 0 Å². The third kappa shape index (κ3) is 0.464. The van der Waals surface area contributed by atoms with Crippen molar-refractivity contribution in [1.82, 2.24) is 10.6 Å². The topological polar surface area (TPSA) is 24.1 Å². The largest absolute Gasteiger partial charge is 0.375 e. The lowest BCUT2D eigenvalue weighted by molar-refractivity contribution is 0.512. The molecule has 44 valence electrons. The van der Waals surface area contributed by atoms with Crippen LogP contribution in [0, 0.1) is 5.92 Å². The van der Waals surface area contributed by atoms with E-state index < -0.39 is 0 Å². The molecule has 0 aliphatic carbocycles. The molecule has 2 rings (SSSR count). The van der Waals surface area contributed by atoms with Crippen molar-refractivity contribution in [2.75, 3.05) is 6.54 Å². The zero-order valence-electron chi connectivity index (χ0n) is 4.72. The summed E-state index contributed by atoms with van der Waals surface area (Å²) in [5.41, 5.74) is 0. The van der Waals surface area contributed by atoms with Gasteiger partial charge in [0.2, 0.25) is 0 Å². The second kappa shape index (κ2) is 1.49. The van der Waals surface area contributed by atoms with Crippen molar-refractivity contribution in [2.45, 2.75) is 12.6 Å². The van der Waals surface area contributed by atoms with Crippen molar-refractivity contribution in [3.63, 3.8) is 0 Å². The van der Waals surface area contributed by atoms with Gasteiger partial charge in [0.15, 0.2) is 0 Å². The molecule has 2 aliphatic heterocycles. The molecule has 2 heteroatoms. The van der Waals surface area contributed by atoms with Gasteiger partial charge in [0.25, 0.3) is 0 Å². The highest BCUT2D eigenvalue weighted by atomic mass is 15.2. The lowest BCUT2D eigenvalue weighted by Crippen LogP contribution is -2.34. The molecule has 8 heavy (non-hydrogen) atoms. The van der Waals surface area contributed by atoms with Crippen LogP contribution in [-0.4, -0.2) is 12.7 Å². The number of rotatable bonds is 0. The van der Waals surface area contributed by atoms with E-state index in [1.54, 1.807) is 0 Å². The van der Waals surface area contributed by atoms with Crippen LogP contribution in [0.1, 0.15) is 6.42 Å². The molecule has 2 nitrogen and oxygen atoms in total. The Labute approximate surface area is 49.0 Å². The van der Waals surface area contributed by atoms with Gasteiger partial charge in [-0.2, -0.15) is 0 Å². The molecular formula is C6H10N2. The minimum atomic E-state index is 0.565. The monoisotopic (exact) mass is 110 g/mol. The standard InChI is InChI=1S/C6H10N2/c1-3-7-6-5(1)2-4-8-6/h1,3,5-8H,2,4H2. The lowest BCUT2D eigenvalue weighted by Gasteiger charge is -2.07. The summed E-state index contributed by atoms with van der Waals surface area (Å²) in [6.07, 6.45) is 6.15. The Kier molecular flexibility index (Phi) is 0.815. The highest BCUT2D eigenvalue weighted by molar-refractivity contribution is 5.04. The Bertz CT molecular complexity index is 120. The fourth-order valence-electron chi connectivity index (χ4n) is 1.40. The first-order valence-corrected chi connectivity index (χ1v) is 3.13. The molecule has 2 aliphatic rings. The van der Waals surface area contributed by atoms with Gasteiger partial charge in [0.1, 0.15) is 0 Å². The van der Waals surface area contributed by atoms with Crippen LogP contribution >= 0.6 is 0 Å². The molecule has 0 aromatic heterocycles. The zero-order chi connectivity index (χ0) is 5.40. The summed E-state index contributed by atoms with van der Waals surface area (Å²) in [5.74, 6) is 0.773. The minimum Gasteiger partial charge on any atom is -0.375 e. The van der Waals surface area contributed by atoms with Crippen LogP contribution < -0.4 is 10.6 Å². The maximum Gasteiger partial charge on any atom is 0.0828 e. The lowest BCUT2D eigenvalue weighted by atomic mass is 10.1. The number of fused-ring (bicyclic) bond motifs is 1. The molecule has 0 radical (unpaired) electrons. The predicted molar refractivity (Wildman–Crippen MR) is 32.2 cm³/mol. The van der Waals surface area contributed by atoms with Gasteiger partial charge in [-0.15, -0.1) is 0 Å². The van der Waals surface area contributed by atoms with Crippen molar-refractivity contribution < 1.29 is 0 Å². The number of hydrogen-bond acceptors (Lipinski definition) is 2. The molecule has 0 spiro atoms. The molecule has 0 aromatic carbocycles. The quantitative estimate of drug-likeness (QED) is 0.460. The van der Waals surface area contributed by atoms with Crippen LogP contribution in [-0.2, 0) is 0 Å². The molecule has 2 unspecified atom stereocenters. The first kappa shape index (κ1) is 4.39. The molecule has 0 amide bonds. The van der Waals surface area contributed by atoms with Crippen LogP contribution in [0.5, 0.6) is 0 Å². The van der Waals surface area contributed by atoms with E-state index in [2.05, 4.69) is 16.7 Å². The Morgan fingerprint density at radius 1 is 1.50 bits per heavy atom. The molecule has 2 heterocycles. The number of hydrogen-bond donors (Lipinski definition) is 2. The summed E-state index contributed by atoms with van der Waals surface area (Å²) in [5, 5.41) is 6.57. The summed E-state index contributed by atoms with van der Waals surface area (Å²) in [6.45, 7) is 1.17. The van der Waals surface area contributed by atoms with Gasteiger partial charge in [-0.1, -0.05) is 6.08 Å². The van der Waals surface area contributed by atoms with E-state index in [9.17, 15) is 0 Å². The molecule has 1 saturated heterocycles. The van der Waals surface area contributed by atoms with Crippen molar-refractivity contribution in [2.24, 2.45) is 5.92 Å². The molecule has 0 aromatic rings. The molecule has 0 saturated carbocycles. The van der Waals surface area contributed by atoms with Gasteiger partial charge in [0.05, 0.1) is 6.17 Å². The Hall–Kier alpha value is -0.500. The SMILES string of the molecule is C1=CC2CCNC2N1. The maximum absolute atomic E-state index is 3.34. The molecule has 1 fully saturated rings. The van der Waals surface area contributed by atoms with Gasteiger partial charge in [0, 0.05) is 5.92 Å². The summed E-state index contributed by atoms with van der Waals surface area (Å²) in [7, 11) is 0. The van der Waals surface area contributed by atoms with E-state index in [1.807, 2.05) is 6.20 Å². The first-order valence-electron chi connectivity index (χ1n) is 3.13. The highest BCUT2D eigenvalue weighted by Crippen LogP contribution is 2.18. The van der Waals surface area contributed by atoms with Crippen LogP contribution in [0.3, 0.4) is 0 Å².